The Labute approximate surface area is 75.9 Å². The molecule has 0 bridgehead atoms. The summed E-state index contributed by atoms with van der Waals surface area (Å²) in [5, 5.41) is 0. The standard InChI is InChI=1S/C11H20O/c1-5-6-7-9(2)10(3)8-11(4)12/h7,10H,5-6,8H2,1-4H3/b9-7+. The van der Waals surface area contributed by atoms with Gasteiger partial charge in [-0.1, -0.05) is 31.9 Å². The van der Waals surface area contributed by atoms with Gasteiger partial charge < -0.3 is 4.79 Å². The summed E-state index contributed by atoms with van der Waals surface area (Å²) in [6.45, 7) is 8.05. The predicted octanol–water partition coefficient (Wildman–Crippen LogP) is 3.35. The SMILES string of the molecule is CCC/C=C(\C)C(C)CC(C)=O. The fourth-order valence-electron chi connectivity index (χ4n) is 1.17. The molecule has 0 radical (unpaired) electrons. The van der Waals surface area contributed by atoms with E-state index in [-0.39, 0.29) is 5.78 Å². The summed E-state index contributed by atoms with van der Waals surface area (Å²) in [5.74, 6) is 0.709. The minimum absolute atomic E-state index is 0.284. The Bertz CT molecular complexity index is 168. The molecule has 0 aliphatic heterocycles. The number of carbonyl (C=O) groups is 1. The summed E-state index contributed by atoms with van der Waals surface area (Å²) in [7, 11) is 0. The molecule has 0 aliphatic rings. The molecule has 0 spiro atoms. The van der Waals surface area contributed by atoms with Crippen molar-refractivity contribution in [3.8, 4) is 0 Å². The van der Waals surface area contributed by atoms with Crippen LogP contribution < -0.4 is 0 Å². The quantitative estimate of drug-likeness (QED) is 0.575. The normalized spacial score (nSPS) is 14.5. The molecule has 0 saturated carbocycles. The molecule has 0 aromatic carbocycles. The maximum Gasteiger partial charge on any atom is 0.130 e. The lowest BCUT2D eigenvalue weighted by Crippen LogP contribution is -2.02. The van der Waals surface area contributed by atoms with Gasteiger partial charge in [0.2, 0.25) is 0 Å². The van der Waals surface area contributed by atoms with Gasteiger partial charge in [-0.05, 0) is 26.2 Å². The lowest BCUT2D eigenvalue weighted by atomic mass is 9.96. The van der Waals surface area contributed by atoms with E-state index < -0.39 is 0 Å². The van der Waals surface area contributed by atoms with Crippen molar-refractivity contribution in [3.05, 3.63) is 11.6 Å². The molecule has 1 heteroatoms. The van der Waals surface area contributed by atoms with Crippen LogP contribution in [0.25, 0.3) is 0 Å². The largest absolute Gasteiger partial charge is 0.300 e. The van der Waals surface area contributed by atoms with Crippen molar-refractivity contribution < 1.29 is 4.79 Å². The smallest absolute Gasteiger partial charge is 0.130 e. The highest BCUT2D eigenvalue weighted by molar-refractivity contribution is 5.76. The Balaban J connectivity index is 3.90. The van der Waals surface area contributed by atoms with Gasteiger partial charge in [-0.15, -0.1) is 0 Å². The van der Waals surface area contributed by atoms with Crippen molar-refractivity contribution in [2.24, 2.45) is 5.92 Å². The second-order valence-electron chi connectivity index (χ2n) is 3.54. The van der Waals surface area contributed by atoms with Crippen LogP contribution in [0.3, 0.4) is 0 Å². The first-order valence-electron chi connectivity index (χ1n) is 4.74. The lowest BCUT2D eigenvalue weighted by molar-refractivity contribution is -0.117. The van der Waals surface area contributed by atoms with Crippen molar-refractivity contribution in [1.29, 1.82) is 0 Å². The molecule has 12 heavy (non-hydrogen) atoms. The van der Waals surface area contributed by atoms with Gasteiger partial charge in [0.15, 0.2) is 0 Å². The Morgan fingerprint density at radius 1 is 1.42 bits per heavy atom. The molecule has 70 valence electrons. The van der Waals surface area contributed by atoms with E-state index in [0.29, 0.717) is 12.3 Å². The van der Waals surface area contributed by atoms with Crippen molar-refractivity contribution >= 4 is 5.78 Å². The van der Waals surface area contributed by atoms with Gasteiger partial charge in [0, 0.05) is 6.42 Å². The summed E-state index contributed by atoms with van der Waals surface area (Å²) in [5.41, 5.74) is 1.35. The van der Waals surface area contributed by atoms with Crippen LogP contribution in [0.1, 0.15) is 47.0 Å². The number of rotatable bonds is 5. The van der Waals surface area contributed by atoms with Gasteiger partial charge in [0.1, 0.15) is 5.78 Å². The monoisotopic (exact) mass is 168 g/mol. The predicted molar refractivity (Wildman–Crippen MR) is 53.1 cm³/mol. The third-order valence-electron chi connectivity index (χ3n) is 2.13. The molecule has 0 N–H and O–H groups in total. The van der Waals surface area contributed by atoms with E-state index >= 15 is 0 Å². The molecule has 0 amide bonds. The first-order chi connectivity index (χ1) is 5.57. The number of carbonyl (C=O) groups excluding carboxylic acids is 1. The van der Waals surface area contributed by atoms with E-state index in [4.69, 9.17) is 0 Å². The van der Waals surface area contributed by atoms with E-state index in [1.54, 1.807) is 6.92 Å². The van der Waals surface area contributed by atoms with Crippen molar-refractivity contribution in [2.75, 3.05) is 0 Å². The van der Waals surface area contributed by atoms with Gasteiger partial charge in [-0.3, -0.25) is 0 Å². The van der Waals surface area contributed by atoms with E-state index in [2.05, 4.69) is 26.8 Å². The molecule has 1 nitrogen and oxygen atoms in total. The van der Waals surface area contributed by atoms with Gasteiger partial charge in [0.05, 0.1) is 0 Å². The Morgan fingerprint density at radius 3 is 2.42 bits per heavy atom. The molecular weight excluding hydrogens is 148 g/mol. The highest BCUT2D eigenvalue weighted by Gasteiger charge is 2.05. The molecule has 0 heterocycles. The van der Waals surface area contributed by atoms with Crippen LogP contribution in [0, 0.1) is 5.92 Å². The molecule has 0 rings (SSSR count). The van der Waals surface area contributed by atoms with Crippen LogP contribution >= 0.6 is 0 Å². The lowest BCUT2D eigenvalue weighted by Gasteiger charge is -2.09. The fourth-order valence-corrected chi connectivity index (χ4v) is 1.17. The van der Waals surface area contributed by atoms with Crippen LogP contribution in [-0.4, -0.2) is 5.78 Å². The minimum Gasteiger partial charge on any atom is -0.300 e. The van der Waals surface area contributed by atoms with Crippen LogP contribution in [-0.2, 0) is 4.79 Å². The zero-order valence-corrected chi connectivity index (χ0v) is 8.68. The molecular formula is C11H20O. The molecule has 1 atom stereocenters. The molecule has 0 aliphatic carbocycles. The number of hydrogen-bond donors (Lipinski definition) is 0. The van der Waals surface area contributed by atoms with Gasteiger partial charge in [0.25, 0.3) is 0 Å². The van der Waals surface area contributed by atoms with E-state index in [0.717, 1.165) is 6.42 Å². The maximum atomic E-state index is 10.8. The molecule has 0 aromatic heterocycles. The number of unbranched alkanes of at least 4 members (excludes halogenated alkanes) is 1. The number of hydrogen-bond acceptors (Lipinski definition) is 1. The van der Waals surface area contributed by atoms with E-state index in [1.807, 2.05) is 0 Å². The zero-order chi connectivity index (χ0) is 9.56. The summed E-state index contributed by atoms with van der Waals surface area (Å²) < 4.78 is 0. The van der Waals surface area contributed by atoms with Crippen LogP contribution in [0.4, 0.5) is 0 Å². The van der Waals surface area contributed by atoms with Crippen molar-refractivity contribution in [1.82, 2.24) is 0 Å². The Hall–Kier alpha value is -0.590. The molecule has 0 aromatic rings. The average molecular weight is 168 g/mol. The first-order valence-corrected chi connectivity index (χ1v) is 4.74. The van der Waals surface area contributed by atoms with Crippen LogP contribution in [0.2, 0.25) is 0 Å². The Kier molecular flexibility index (Phi) is 5.69. The zero-order valence-electron chi connectivity index (χ0n) is 8.68. The molecule has 0 saturated heterocycles. The van der Waals surface area contributed by atoms with Gasteiger partial charge >= 0.3 is 0 Å². The van der Waals surface area contributed by atoms with E-state index in [9.17, 15) is 4.79 Å². The summed E-state index contributed by atoms with van der Waals surface area (Å²) in [4.78, 5) is 10.8. The highest BCUT2D eigenvalue weighted by atomic mass is 16.1. The maximum absolute atomic E-state index is 10.8. The summed E-state index contributed by atoms with van der Waals surface area (Å²) >= 11 is 0. The minimum atomic E-state index is 0.284. The summed E-state index contributed by atoms with van der Waals surface area (Å²) in [6, 6.07) is 0. The van der Waals surface area contributed by atoms with Gasteiger partial charge in [-0.2, -0.15) is 0 Å². The first kappa shape index (κ1) is 11.4. The van der Waals surface area contributed by atoms with Gasteiger partial charge in [-0.25, -0.2) is 0 Å². The fraction of sp³-hybridized carbons (Fsp3) is 0.727. The number of Topliss-reactive ketones (excluding diaryl/α,β-unsaturated/α-hetero) is 1. The van der Waals surface area contributed by atoms with Crippen LogP contribution in [0.5, 0.6) is 0 Å². The average Bonchev–Trinajstić information content (AvgIpc) is 1.98. The molecule has 0 fully saturated rings. The highest BCUT2D eigenvalue weighted by Crippen LogP contribution is 2.15. The number of ketones is 1. The van der Waals surface area contributed by atoms with Crippen molar-refractivity contribution in [3.63, 3.8) is 0 Å². The Morgan fingerprint density at radius 2 is 2.00 bits per heavy atom. The molecule has 1 unspecified atom stereocenters. The topological polar surface area (TPSA) is 17.1 Å². The third kappa shape index (κ3) is 5.11. The van der Waals surface area contributed by atoms with Crippen molar-refractivity contribution in [2.45, 2.75) is 47.0 Å². The second kappa shape index (κ2) is 5.99. The summed E-state index contributed by atoms with van der Waals surface area (Å²) in [6.07, 6.45) is 5.25. The third-order valence-corrected chi connectivity index (χ3v) is 2.13. The number of allylic oxidation sites excluding steroid dienone is 2. The second-order valence-corrected chi connectivity index (χ2v) is 3.54. The van der Waals surface area contributed by atoms with E-state index in [1.165, 1.54) is 12.0 Å². The van der Waals surface area contributed by atoms with Crippen LogP contribution in [0.15, 0.2) is 11.6 Å².